The van der Waals surface area contributed by atoms with Gasteiger partial charge in [-0.3, -0.25) is 4.79 Å². The van der Waals surface area contributed by atoms with Crippen LogP contribution < -0.4 is 5.32 Å². The zero-order valence-electron chi connectivity index (χ0n) is 17.3. The maximum Gasteiger partial charge on any atom is 0.251 e. The molecule has 10 heteroatoms. The van der Waals surface area contributed by atoms with Crippen LogP contribution in [0, 0.1) is 5.82 Å². The first-order chi connectivity index (χ1) is 15.3. The summed E-state index contributed by atoms with van der Waals surface area (Å²) in [6.07, 6.45) is 0.0402. The minimum Gasteiger partial charge on any atom is -0.381 e. The average Bonchev–Trinajstić information content (AvgIpc) is 2.80. The van der Waals surface area contributed by atoms with Crippen LogP contribution in [0.25, 0.3) is 0 Å². The summed E-state index contributed by atoms with van der Waals surface area (Å²) in [5.74, 6) is -0.784. The Labute approximate surface area is 191 Å². The van der Waals surface area contributed by atoms with Gasteiger partial charge in [0.15, 0.2) is 0 Å². The molecule has 0 spiro atoms. The highest BCUT2D eigenvalue weighted by atomic mass is 35.5. The number of nitrogens with one attached hydrogen (secondary N) is 1. The number of hydrogen-bond donors (Lipinski definition) is 1. The van der Waals surface area contributed by atoms with Gasteiger partial charge in [0.1, 0.15) is 16.8 Å². The van der Waals surface area contributed by atoms with E-state index in [-0.39, 0.29) is 35.4 Å². The number of hydrogen-bond acceptors (Lipinski definition) is 5. The monoisotopic (exact) mass is 482 g/mol. The molecule has 0 bridgehead atoms. The molecule has 0 unspecified atom stereocenters. The van der Waals surface area contributed by atoms with E-state index in [1.807, 2.05) is 0 Å². The molecule has 2 fully saturated rings. The third kappa shape index (κ3) is 4.67. The van der Waals surface area contributed by atoms with Crippen LogP contribution >= 0.6 is 11.6 Å². The lowest BCUT2D eigenvalue weighted by Gasteiger charge is -2.40. The van der Waals surface area contributed by atoms with E-state index in [1.54, 1.807) is 24.3 Å². The molecule has 0 radical (unpaired) electrons. The first-order valence-corrected chi connectivity index (χ1v) is 12.2. The second-order valence-corrected chi connectivity index (χ2v) is 10.2. The van der Waals surface area contributed by atoms with Gasteiger partial charge >= 0.3 is 0 Å². The van der Waals surface area contributed by atoms with Gasteiger partial charge in [-0.15, -0.1) is 0 Å². The fourth-order valence-electron chi connectivity index (χ4n) is 4.09. The van der Waals surface area contributed by atoms with Crippen LogP contribution in [0.15, 0.2) is 53.4 Å². The second-order valence-electron chi connectivity index (χ2n) is 7.84. The van der Waals surface area contributed by atoms with Crippen molar-refractivity contribution in [2.24, 2.45) is 0 Å². The van der Waals surface area contributed by atoms with E-state index in [2.05, 4.69) is 5.32 Å². The van der Waals surface area contributed by atoms with Gasteiger partial charge in [-0.25, -0.2) is 12.8 Å². The van der Waals surface area contributed by atoms with Crippen LogP contribution in [-0.2, 0) is 29.8 Å². The van der Waals surface area contributed by atoms with Gasteiger partial charge in [-0.1, -0.05) is 35.9 Å². The zero-order valence-corrected chi connectivity index (χ0v) is 18.9. The summed E-state index contributed by atoms with van der Waals surface area (Å²) in [6, 6.07) is 12.2. The largest absolute Gasteiger partial charge is 0.381 e. The Bertz CT molecular complexity index is 1070. The number of nitrogens with zero attached hydrogens (tertiary/aromatic N) is 1. The van der Waals surface area contributed by atoms with Crippen molar-refractivity contribution in [1.29, 1.82) is 0 Å². The molecule has 2 saturated heterocycles. The Morgan fingerprint density at radius 2 is 1.78 bits per heavy atom. The predicted octanol–water partition coefficient (Wildman–Crippen LogP) is 2.69. The number of halogens is 2. The third-order valence-electron chi connectivity index (χ3n) is 5.88. The number of ether oxygens (including phenoxy) is 2. The van der Waals surface area contributed by atoms with Crippen molar-refractivity contribution in [3.8, 4) is 0 Å². The number of amides is 1. The van der Waals surface area contributed by atoms with E-state index in [4.69, 9.17) is 21.1 Å². The lowest BCUT2D eigenvalue weighted by molar-refractivity contribution is -0.139. The molecule has 2 aliphatic rings. The standard InChI is InChI=1S/C22H24ClFN2O5S/c23-18-3-1-2-4-20(18)32(28,29)26-11-14-31-19(15-26)21(27)25-22(9-12-30-13-10-22)16-5-7-17(24)8-6-16/h1-8,19H,9-15H2,(H,25,27)/t19-/m1/s1. The van der Waals surface area contributed by atoms with Gasteiger partial charge in [0.25, 0.3) is 5.91 Å². The lowest BCUT2D eigenvalue weighted by Crippen LogP contribution is -2.57. The van der Waals surface area contributed by atoms with Crippen molar-refractivity contribution >= 4 is 27.5 Å². The molecule has 0 saturated carbocycles. The van der Waals surface area contributed by atoms with Crippen LogP contribution in [0.5, 0.6) is 0 Å². The SMILES string of the molecule is O=C(NC1(c2ccc(F)cc2)CCOCC1)[C@H]1CN(S(=O)(=O)c2ccccc2Cl)CCO1. The number of carbonyl (C=O) groups excluding carboxylic acids is 1. The molecule has 2 aromatic rings. The van der Waals surface area contributed by atoms with Crippen molar-refractivity contribution in [2.45, 2.75) is 29.4 Å². The number of sulfonamides is 1. The predicted molar refractivity (Wildman–Crippen MR) is 116 cm³/mol. The molecule has 7 nitrogen and oxygen atoms in total. The van der Waals surface area contributed by atoms with Crippen molar-refractivity contribution in [3.05, 3.63) is 64.9 Å². The molecule has 0 aliphatic carbocycles. The number of carbonyl (C=O) groups is 1. The van der Waals surface area contributed by atoms with Crippen molar-refractivity contribution < 1.29 is 27.1 Å². The molecule has 1 atom stereocenters. The quantitative estimate of drug-likeness (QED) is 0.708. The van der Waals surface area contributed by atoms with Gasteiger partial charge in [0.2, 0.25) is 10.0 Å². The Morgan fingerprint density at radius 1 is 1.09 bits per heavy atom. The molecule has 2 heterocycles. The fourth-order valence-corrected chi connectivity index (χ4v) is 6.00. The molecule has 32 heavy (non-hydrogen) atoms. The summed E-state index contributed by atoms with van der Waals surface area (Å²) >= 11 is 6.10. The molecule has 1 N–H and O–H groups in total. The molecule has 1 amide bonds. The molecule has 4 rings (SSSR count). The molecule has 2 aliphatic heterocycles. The molecule has 172 valence electrons. The Morgan fingerprint density at radius 3 is 2.47 bits per heavy atom. The first-order valence-electron chi connectivity index (χ1n) is 10.3. The van der Waals surface area contributed by atoms with Gasteiger partial charge in [0, 0.05) is 26.3 Å². The van der Waals surface area contributed by atoms with E-state index in [0.717, 1.165) is 5.56 Å². The number of morpholine rings is 1. The van der Waals surface area contributed by atoms with Crippen LogP contribution in [0.3, 0.4) is 0 Å². The summed E-state index contributed by atoms with van der Waals surface area (Å²) in [7, 11) is -3.88. The van der Waals surface area contributed by atoms with E-state index in [1.165, 1.54) is 28.6 Å². The van der Waals surface area contributed by atoms with E-state index in [9.17, 15) is 17.6 Å². The summed E-state index contributed by atoms with van der Waals surface area (Å²) in [4.78, 5) is 13.2. The van der Waals surface area contributed by atoms with Gasteiger partial charge in [-0.2, -0.15) is 4.31 Å². The van der Waals surface area contributed by atoms with Crippen LogP contribution in [0.4, 0.5) is 4.39 Å². The maximum absolute atomic E-state index is 13.5. The number of rotatable bonds is 5. The molecule has 0 aromatic heterocycles. The van der Waals surface area contributed by atoms with Gasteiger partial charge in [0.05, 0.1) is 17.2 Å². The molecular weight excluding hydrogens is 459 g/mol. The third-order valence-corrected chi connectivity index (χ3v) is 8.25. The topological polar surface area (TPSA) is 84.9 Å². The Hall–Kier alpha value is -2.04. The zero-order chi connectivity index (χ0) is 22.8. The summed E-state index contributed by atoms with van der Waals surface area (Å²) < 4.78 is 51.9. The fraction of sp³-hybridized carbons (Fsp3) is 0.409. The minimum absolute atomic E-state index is 0.00469. The van der Waals surface area contributed by atoms with Crippen LogP contribution in [-0.4, -0.2) is 57.6 Å². The molecular formula is C22H24ClFN2O5S. The van der Waals surface area contributed by atoms with Crippen LogP contribution in [0.1, 0.15) is 18.4 Å². The number of benzene rings is 2. The van der Waals surface area contributed by atoms with E-state index in [0.29, 0.717) is 26.1 Å². The van der Waals surface area contributed by atoms with Gasteiger partial charge < -0.3 is 14.8 Å². The van der Waals surface area contributed by atoms with E-state index >= 15 is 0 Å². The lowest BCUT2D eigenvalue weighted by atomic mass is 9.82. The average molecular weight is 483 g/mol. The summed E-state index contributed by atoms with van der Waals surface area (Å²) in [6.45, 7) is 0.949. The highest BCUT2D eigenvalue weighted by molar-refractivity contribution is 7.89. The van der Waals surface area contributed by atoms with Crippen LogP contribution in [0.2, 0.25) is 5.02 Å². The summed E-state index contributed by atoms with van der Waals surface area (Å²) in [5, 5.41) is 3.17. The van der Waals surface area contributed by atoms with Crippen molar-refractivity contribution in [3.63, 3.8) is 0 Å². The van der Waals surface area contributed by atoms with Crippen molar-refractivity contribution in [2.75, 3.05) is 32.9 Å². The highest BCUT2D eigenvalue weighted by Gasteiger charge is 2.40. The Balaban J connectivity index is 1.53. The normalized spacial score (nSPS) is 21.8. The van der Waals surface area contributed by atoms with E-state index < -0.39 is 27.6 Å². The first kappa shape index (κ1) is 23.1. The van der Waals surface area contributed by atoms with Crippen molar-refractivity contribution in [1.82, 2.24) is 9.62 Å². The second kappa shape index (κ2) is 9.44. The smallest absolute Gasteiger partial charge is 0.251 e. The Kier molecular flexibility index (Phi) is 6.83. The highest BCUT2D eigenvalue weighted by Crippen LogP contribution is 2.33. The minimum atomic E-state index is -3.88. The van der Waals surface area contributed by atoms with Gasteiger partial charge in [-0.05, 0) is 42.7 Å². The maximum atomic E-state index is 13.5. The summed E-state index contributed by atoms with van der Waals surface area (Å²) in [5.41, 5.74) is 0.0305. The molecule has 2 aromatic carbocycles.